The van der Waals surface area contributed by atoms with Crippen LogP contribution < -0.4 is 0 Å². The third-order valence-electron chi connectivity index (χ3n) is 4.99. The lowest BCUT2D eigenvalue weighted by molar-refractivity contribution is -0.136. The van der Waals surface area contributed by atoms with Gasteiger partial charge in [0.25, 0.3) is 0 Å². The summed E-state index contributed by atoms with van der Waals surface area (Å²) in [7, 11) is 0. The molecule has 0 aliphatic heterocycles. The minimum atomic E-state index is -0.645. The molecule has 3 heteroatoms. The summed E-state index contributed by atoms with van der Waals surface area (Å²) < 4.78 is 0. The predicted molar refractivity (Wildman–Crippen MR) is 70.1 cm³/mol. The molecule has 0 radical (unpaired) electrons. The van der Waals surface area contributed by atoms with Crippen LogP contribution in [0.5, 0.6) is 0 Å². The van der Waals surface area contributed by atoms with Crippen LogP contribution in [0.25, 0.3) is 0 Å². The molecule has 4 rings (SSSR count). The number of hydrogen-bond acceptors (Lipinski definition) is 2. The number of aliphatic carboxylic acids is 1. The first-order chi connectivity index (χ1) is 8.11. The minimum Gasteiger partial charge on any atom is -0.481 e. The summed E-state index contributed by atoms with van der Waals surface area (Å²) in [5.41, 5.74) is 0. The van der Waals surface area contributed by atoms with Crippen LogP contribution in [-0.4, -0.2) is 21.6 Å². The topological polar surface area (TPSA) is 37.3 Å². The summed E-state index contributed by atoms with van der Waals surface area (Å²) in [5.74, 6) is 3.21. The zero-order valence-corrected chi connectivity index (χ0v) is 11.3. The Hall–Kier alpha value is -0.180. The van der Waals surface area contributed by atoms with Crippen LogP contribution in [0.1, 0.15) is 45.4 Å². The highest BCUT2D eigenvalue weighted by atomic mass is 32.2. The largest absolute Gasteiger partial charge is 0.481 e. The predicted octanol–water partition coefficient (Wildman–Crippen LogP) is 3.41. The van der Waals surface area contributed by atoms with Gasteiger partial charge in [0.15, 0.2) is 0 Å². The number of carboxylic acid groups (broad SMARTS) is 1. The molecule has 0 aromatic rings. The van der Waals surface area contributed by atoms with E-state index in [1.54, 1.807) is 0 Å². The number of thioether (sulfide) groups is 1. The second kappa shape index (κ2) is 4.49. The molecule has 0 amide bonds. The molecule has 0 aromatic carbocycles. The highest BCUT2D eigenvalue weighted by Crippen LogP contribution is 2.57. The van der Waals surface area contributed by atoms with Gasteiger partial charge in [-0.25, -0.2) is 0 Å². The molecule has 4 aliphatic rings. The first-order valence-corrected chi connectivity index (χ1v) is 7.93. The van der Waals surface area contributed by atoms with Crippen molar-refractivity contribution in [2.24, 2.45) is 23.7 Å². The number of hydrogen-bond donors (Lipinski definition) is 1. The number of carbonyl (C=O) groups is 1. The van der Waals surface area contributed by atoms with Crippen LogP contribution in [0, 0.1) is 23.7 Å². The first-order valence-electron chi connectivity index (χ1n) is 6.99. The zero-order chi connectivity index (χ0) is 12.0. The standard InChI is InChI=1S/C14H22O2S/c1-8(2-13(15)16)17-14-11-4-9-3-10(6-11)7-12(14)5-9/h8-12,14H,2-7H2,1H3,(H,15,16). The van der Waals surface area contributed by atoms with E-state index in [-0.39, 0.29) is 5.25 Å². The van der Waals surface area contributed by atoms with Gasteiger partial charge in [0.1, 0.15) is 0 Å². The Balaban J connectivity index is 1.62. The molecule has 0 heterocycles. The molecule has 96 valence electrons. The second-order valence-electron chi connectivity index (χ2n) is 6.44. The molecule has 4 fully saturated rings. The summed E-state index contributed by atoms with van der Waals surface area (Å²) in [6.07, 6.45) is 7.56. The van der Waals surface area contributed by atoms with E-state index in [1.165, 1.54) is 32.1 Å². The number of rotatable bonds is 4. The maximum absolute atomic E-state index is 10.7. The van der Waals surface area contributed by atoms with E-state index in [2.05, 4.69) is 6.92 Å². The van der Waals surface area contributed by atoms with Crippen molar-refractivity contribution in [2.75, 3.05) is 0 Å². The Morgan fingerprint density at radius 1 is 1.18 bits per heavy atom. The molecule has 1 N–H and O–H groups in total. The van der Waals surface area contributed by atoms with Gasteiger partial charge in [-0.15, -0.1) is 0 Å². The lowest BCUT2D eigenvalue weighted by Crippen LogP contribution is -2.47. The van der Waals surface area contributed by atoms with Crippen molar-refractivity contribution < 1.29 is 9.90 Å². The highest BCUT2D eigenvalue weighted by molar-refractivity contribution is 8.00. The monoisotopic (exact) mass is 254 g/mol. The SMILES string of the molecule is CC(CC(=O)O)SC1C2CC3CC(C2)CC1C3. The van der Waals surface area contributed by atoms with E-state index in [1.807, 2.05) is 11.8 Å². The molecule has 0 spiro atoms. The maximum atomic E-state index is 10.7. The smallest absolute Gasteiger partial charge is 0.304 e. The van der Waals surface area contributed by atoms with Crippen molar-refractivity contribution in [3.8, 4) is 0 Å². The van der Waals surface area contributed by atoms with E-state index < -0.39 is 5.97 Å². The highest BCUT2D eigenvalue weighted by Gasteiger charge is 2.48. The molecule has 4 aliphatic carbocycles. The van der Waals surface area contributed by atoms with Gasteiger partial charge in [-0.1, -0.05) is 6.92 Å². The first kappa shape index (κ1) is 11.9. The normalized spacial score (nSPS) is 44.9. The quantitative estimate of drug-likeness (QED) is 0.835. The van der Waals surface area contributed by atoms with E-state index in [0.717, 1.165) is 28.9 Å². The summed E-state index contributed by atoms with van der Waals surface area (Å²) in [4.78, 5) is 10.7. The molecule has 0 saturated heterocycles. The van der Waals surface area contributed by atoms with Crippen LogP contribution >= 0.6 is 11.8 Å². The van der Waals surface area contributed by atoms with E-state index >= 15 is 0 Å². The van der Waals surface area contributed by atoms with Gasteiger partial charge < -0.3 is 5.11 Å². The molecule has 0 aromatic heterocycles. The molecule has 4 bridgehead atoms. The Morgan fingerprint density at radius 3 is 2.18 bits per heavy atom. The van der Waals surface area contributed by atoms with Gasteiger partial charge in [-0.05, 0) is 55.8 Å². The summed E-state index contributed by atoms with van der Waals surface area (Å²) in [5, 5.41) is 9.91. The van der Waals surface area contributed by atoms with Crippen molar-refractivity contribution in [3.63, 3.8) is 0 Å². The van der Waals surface area contributed by atoms with Crippen molar-refractivity contribution in [3.05, 3.63) is 0 Å². The number of carboxylic acids is 1. The van der Waals surface area contributed by atoms with E-state index in [0.29, 0.717) is 6.42 Å². The van der Waals surface area contributed by atoms with Crippen LogP contribution in [0.15, 0.2) is 0 Å². The zero-order valence-electron chi connectivity index (χ0n) is 10.5. The third kappa shape index (κ3) is 2.35. The summed E-state index contributed by atoms with van der Waals surface area (Å²) in [6.45, 7) is 2.09. The van der Waals surface area contributed by atoms with Crippen LogP contribution in [-0.2, 0) is 4.79 Å². The van der Waals surface area contributed by atoms with E-state index in [4.69, 9.17) is 5.11 Å². The summed E-state index contributed by atoms with van der Waals surface area (Å²) >= 11 is 1.98. The van der Waals surface area contributed by atoms with Gasteiger partial charge in [0.2, 0.25) is 0 Å². The van der Waals surface area contributed by atoms with Crippen LogP contribution in [0.3, 0.4) is 0 Å². The van der Waals surface area contributed by atoms with Crippen molar-refractivity contribution in [2.45, 2.75) is 55.9 Å². The van der Waals surface area contributed by atoms with Crippen molar-refractivity contribution >= 4 is 17.7 Å². The van der Waals surface area contributed by atoms with Gasteiger partial charge in [-0.3, -0.25) is 4.79 Å². The molecule has 1 unspecified atom stereocenters. The van der Waals surface area contributed by atoms with Gasteiger partial charge >= 0.3 is 5.97 Å². The lowest BCUT2D eigenvalue weighted by Gasteiger charge is -2.54. The molecule has 2 nitrogen and oxygen atoms in total. The minimum absolute atomic E-state index is 0.287. The Morgan fingerprint density at radius 2 is 1.71 bits per heavy atom. The average Bonchev–Trinajstić information content (AvgIpc) is 2.21. The fraction of sp³-hybridized carbons (Fsp3) is 0.929. The Labute approximate surface area is 108 Å². The molecule has 4 saturated carbocycles. The van der Waals surface area contributed by atoms with Gasteiger partial charge in [-0.2, -0.15) is 11.8 Å². The van der Waals surface area contributed by atoms with Crippen molar-refractivity contribution in [1.82, 2.24) is 0 Å². The Kier molecular flexibility index (Phi) is 3.14. The third-order valence-corrected chi connectivity index (χ3v) is 6.71. The van der Waals surface area contributed by atoms with Crippen molar-refractivity contribution in [1.29, 1.82) is 0 Å². The van der Waals surface area contributed by atoms with Gasteiger partial charge in [0, 0.05) is 10.5 Å². The maximum Gasteiger partial charge on any atom is 0.304 e. The molecule has 17 heavy (non-hydrogen) atoms. The average molecular weight is 254 g/mol. The second-order valence-corrected chi connectivity index (χ2v) is 8.06. The molecule has 1 atom stereocenters. The Bertz CT molecular complexity index is 287. The molecular formula is C14H22O2S. The van der Waals surface area contributed by atoms with Gasteiger partial charge in [0.05, 0.1) is 6.42 Å². The fourth-order valence-electron chi connectivity index (χ4n) is 4.66. The lowest BCUT2D eigenvalue weighted by atomic mass is 9.56. The van der Waals surface area contributed by atoms with E-state index in [9.17, 15) is 4.79 Å². The van der Waals surface area contributed by atoms with Crippen LogP contribution in [0.2, 0.25) is 0 Å². The fourth-order valence-corrected chi connectivity index (χ4v) is 6.32. The molecular weight excluding hydrogens is 232 g/mol. The van der Waals surface area contributed by atoms with Crippen LogP contribution in [0.4, 0.5) is 0 Å². The summed E-state index contributed by atoms with van der Waals surface area (Å²) in [6, 6.07) is 0.